The smallest absolute Gasteiger partial charge is 0.262 e. The highest BCUT2D eigenvalue weighted by atomic mass is 35.5. The van der Waals surface area contributed by atoms with Crippen LogP contribution in [0.2, 0.25) is 5.02 Å². The molecule has 3 aromatic carbocycles. The number of methoxy groups -OCH3 is 1. The summed E-state index contributed by atoms with van der Waals surface area (Å²) in [5.74, 6) is 0.203. The average Bonchev–Trinajstić information content (AvgIpc) is 2.83. The van der Waals surface area contributed by atoms with Gasteiger partial charge in [-0.25, -0.2) is 4.39 Å². The number of amides is 1. The van der Waals surface area contributed by atoms with E-state index in [2.05, 4.69) is 4.90 Å². The first-order valence-corrected chi connectivity index (χ1v) is 11.3. The molecule has 3 aromatic rings. The zero-order chi connectivity index (χ0) is 23.4. The standard InChI is InChI=1S/C26H26ClFN2O3/c1-33-25-5-3-2-4-23(25)26(32)30(21-9-7-20(28)8-10-21)22-12-14-29(15-13-22)17-18-16-19(27)6-11-24(18)31/h2-11,16,22,31H,12-15,17H2,1H3. The van der Waals surface area contributed by atoms with Gasteiger partial charge in [-0.2, -0.15) is 0 Å². The van der Waals surface area contributed by atoms with Crippen molar-refractivity contribution in [2.75, 3.05) is 25.1 Å². The molecule has 1 aliphatic rings. The van der Waals surface area contributed by atoms with Crippen LogP contribution in [0.1, 0.15) is 28.8 Å². The van der Waals surface area contributed by atoms with Crippen molar-refractivity contribution in [2.45, 2.75) is 25.4 Å². The van der Waals surface area contributed by atoms with Gasteiger partial charge in [0.05, 0.1) is 12.7 Å². The van der Waals surface area contributed by atoms with Crippen LogP contribution in [0.3, 0.4) is 0 Å². The maximum atomic E-state index is 13.7. The molecule has 1 saturated heterocycles. The molecule has 33 heavy (non-hydrogen) atoms. The molecule has 1 N–H and O–H groups in total. The number of aromatic hydroxyl groups is 1. The Kier molecular flexibility index (Phi) is 7.16. The molecule has 1 aliphatic heterocycles. The monoisotopic (exact) mass is 468 g/mol. The third-order valence-corrected chi connectivity index (χ3v) is 6.25. The van der Waals surface area contributed by atoms with E-state index in [0.717, 1.165) is 31.5 Å². The Balaban J connectivity index is 1.55. The van der Waals surface area contributed by atoms with E-state index in [1.54, 1.807) is 53.4 Å². The van der Waals surface area contributed by atoms with E-state index in [-0.39, 0.29) is 23.5 Å². The van der Waals surface area contributed by atoms with E-state index in [4.69, 9.17) is 16.3 Å². The van der Waals surface area contributed by atoms with Gasteiger partial charge in [-0.05, 0) is 67.4 Å². The summed E-state index contributed by atoms with van der Waals surface area (Å²) in [5.41, 5.74) is 1.90. The van der Waals surface area contributed by atoms with Crippen LogP contribution in [0.25, 0.3) is 0 Å². The number of carbonyl (C=O) groups is 1. The van der Waals surface area contributed by atoms with Gasteiger partial charge in [0.2, 0.25) is 0 Å². The first-order chi connectivity index (χ1) is 16.0. The number of hydrogen-bond donors (Lipinski definition) is 1. The number of benzene rings is 3. The molecular formula is C26H26ClFN2O3. The van der Waals surface area contributed by atoms with Gasteiger partial charge in [-0.3, -0.25) is 9.69 Å². The van der Waals surface area contributed by atoms with E-state index in [9.17, 15) is 14.3 Å². The van der Waals surface area contributed by atoms with Crippen molar-refractivity contribution in [2.24, 2.45) is 0 Å². The third kappa shape index (κ3) is 5.29. The molecule has 0 saturated carbocycles. The van der Waals surface area contributed by atoms with Crippen molar-refractivity contribution in [3.05, 3.63) is 88.7 Å². The van der Waals surface area contributed by atoms with E-state index in [1.165, 1.54) is 19.2 Å². The van der Waals surface area contributed by atoms with Crippen LogP contribution in [-0.4, -0.2) is 42.2 Å². The van der Waals surface area contributed by atoms with E-state index in [1.807, 2.05) is 6.07 Å². The van der Waals surface area contributed by atoms with Gasteiger partial charge in [0, 0.05) is 41.9 Å². The van der Waals surface area contributed by atoms with Gasteiger partial charge in [-0.1, -0.05) is 23.7 Å². The molecule has 4 rings (SSSR count). The van der Waals surface area contributed by atoms with Crippen LogP contribution in [-0.2, 0) is 6.54 Å². The summed E-state index contributed by atoms with van der Waals surface area (Å²) in [6, 6.07) is 18.1. The second-order valence-electron chi connectivity index (χ2n) is 8.13. The number of anilines is 1. The number of carbonyl (C=O) groups excluding carboxylic acids is 1. The molecule has 0 aromatic heterocycles. The summed E-state index contributed by atoms with van der Waals surface area (Å²) in [6.07, 6.45) is 1.47. The minimum atomic E-state index is -0.348. The fourth-order valence-electron chi connectivity index (χ4n) is 4.30. The van der Waals surface area contributed by atoms with Crippen molar-refractivity contribution in [3.8, 4) is 11.5 Å². The van der Waals surface area contributed by atoms with Crippen molar-refractivity contribution in [1.29, 1.82) is 0 Å². The molecule has 7 heteroatoms. The predicted molar refractivity (Wildman–Crippen MR) is 128 cm³/mol. The number of para-hydroxylation sites is 1. The molecule has 0 bridgehead atoms. The normalized spacial score (nSPS) is 14.8. The van der Waals surface area contributed by atoms with Crippen LogP contribution in [0.15, 0.2) is 66.7 Å². The second kappa shape index (κ2) is 10.2. The van der Waals surface area contributed by atoms with Gasteiger partial charge in [0.1, 0.15) is 17.3 Å². The second-order valence-corrected chi connectivity index (χ2v) is 8.57. The molecule has 0 atom stereocenters. The van der Waals surface area contributed by atoms with E-state index < -0.39 is 0 Å². The van der Waals surface area contributed by atoms with Gasteiger partial charge in [0.25, 0.3) is 5.91 Å². The van der Waals surface area contributed by atoms with Gasteiger partial charge >= 0.3 is 0 Å². The Hall–Kier alpha value is -3.09. The highest BCUT2D eigenvalue weighted by molar-refractivity contribution is 6.30. The Labute approximate surface area is 198 Å². The highest BCUT2D eigenvalue weighted by Crippen LogP contribution is 2.30. The maximum Gasteiger partial charge on any atom is 0.262 e. The summed E-state index contributed by atoms with van der Waals surface area (Å²) >= 11 is 6.09. The predicted octanol–water partition coefficient (Wildman–Crippen LogP) is 5.50. The van der Waals surface area contributed by atoms with E-state index >= 15 is 0 Å². The van der Waals surface area contributed by atoms with Gasteiger partial charge in [0.15, 0.2) is 0 Å². The van der Waals surface area contributed by atoms with E-state index in [0.29, 0.717) is 28.6 Å². The molecule has 0 spiro atoms. The third-order valence-electron chi connectivity index (χ3n) is 6.02. The highest BCUT2D eigenvalue weighted by Gasteiger charge is 2.31. The van der Waals surface area contributed by atoms with Gasteiger partial charge < -0.3 is 14.7 Å². The Morgan fingerprint density at radius 2 is 1.82 bits per heavy atom. The summed E-state index contributed by atoms with van der Waals surface area (Å²) in [5, 5.41) is 10.7. The number of rotatable bonds is 6. The van der Waals surface area contributed by atoms with Crippen LogP contribution >= 0.6 is 11.6 Å². The van der Waals surface area contributed by atoms with Gasteiger partial charge in [-0.15, -0.1) is 0 Å². The number of ether oxygens (including phenoxy) is 1. The quantitative estimate of drug-likeness (QED) is 0.518. The molecule has 0 radical (unpaired) electrons. The minimum Gasteiger partial charge on any atom is -0.508 e. The number of phenols is 1. The number of hydrogen-bond acceptors (Lipinski definition) is 4. The zero-order valence-corrected chi connectivity index (χ0v) is 19.1. The van der Waals surface area contributed by atoms with Crippen molar-refractivity contribution in [1.82, 2.24) is 4.90 Å². The largest absolute Gasteiger partial charge is 0.508 e. The lowest BCUT2D eigenvalue weighted by atomic mass is 9.99. The molecule has 5 nitrogen and oxygen atoms in total. The van der Waals surface area contributed by atoms with Crippen LogP contribution in [0.5, 0.6) is 11.5 Å². The van der Waals surface area contributed by atoms with Crippen molar-refractivity contribution < 1.29 is 19.0 Å². The molecule has 1 fully saturated rings. The lowest BCUT2D eigenvalue weighted by Gasteiger charge is -2.39. The van der Waals surface area contributed by atoms with Crippen LogP contribution in [0, 0.1) is 5.82 Å². The lowest BCUT2D eigenvalue weighted by Crippen LogP contribution is -2.47. The number of halogens is 2. The summed E-state index contributed by atoms with van der Waals surface area (Å²) in [4.78, 5) is 17.6. The molecule has 0 unspecified atom stereocenters. The molecule has 0 aliphatic carbocycles. The molecule has 1 amide bonds. The SMILES string of the molecule is COc1ccccc1C(=O)N(c1ccc(F)cc1)C1CCN(Cc2cc(Cl)ccc2O)CC1. The number of piperidine rings is 1. The Bertz CT molecular complexity index is 1110. The fraction of sp³-hybridized carbons (Fsp3) is 0.269. The summed E-state index contributed by atoms with van der Waals surface area (Å²) < 4.78 is 19.0. The number of likely N-dealkylation sites (tertiary alicyclic amines) is 1. The topological polar surface area (TPSA) is 53.0 Å². The fourth-order valence-corrected chi connectivity index (χ4v) is 4.50. The van der Waals surface area contributed by atoms with Crippen LogP contribution in [0.4, 0.5) is 10.1 Å². The Morgan fingerprint density at radius 1 is 1.12 bits per heavy atom. The van der Waals surface area contributed by atoms with Crippen molar-refractivity contribution in [3.63, 3.8) is 0 Å². The maximum absolute atomic E-state index is 13.7. The first-order valence-electron chi connectivity index (χ1n) is 10.9. The summed E-state index contributed by atoms with van der Waals surface area (Å²) in [6.45, 7) is 2.07. The lowest BCUT2D eigenvalue weighted by molar-refractivity contribution is 0.0955. The first kappa shape index (κ1) is 23.1. The number of phenolic OH excluding ortho intramolecular Hbond substituents is 1. The molecular weight excluding hydrogens is 443 g/mol. The minimum absolute atomic E-state index is 0.0583. The summed E-state index contributed by atoms with van der Waals surface area (Å²) in [7, 11) is 1.54. The van der Waals surface area contributed by atoms with Crippen LogP contribution < -0.4 is 9.64 Å². The zero-order valence-electron chi connectivity index (χ0n) is 18.4. The molecule has 172 valence electrons. The molecule has 1 heterocycles. The van der Waals surface area contributed by atoms with Crippen molar-refractivity contribution >= 4 is 23.2 Å². The Morgan fingerprint density at radius 3 is 2.52 bits per heavy atom. The number of nitrogens with zero attached hydrogens (tertiary/aromatic N) is 2. The average molecular weight is 469 g/mol.